The minimum Gasteiger partial charge on any atom is -0.487 e. The van der Waals surface area contributed by atoms with Crippen LogP contribution in [0.4, 0.5) is 4.39 Å². The number of nitrogens with zero attached hydrogens (tertiary/aromatic N) is 4. The molecule has 8 heteroatoms. The van der Waals surface area contributed by atoms with E-state index < -0.39 is 5.82 Å². The molecule has 3 aromatic rings. The van der Waals surface area contributed by atoms with Crippen molar-refractivity contribution in [2.75, 3.05) is 0 Å². The summed E-state index contributed by atoms with van der Waals surface area (Å²) < 4.78 is 21.5. The van der Waals surface area contributed by atoms with E-state index in [0.717, 1.165) is 10.2 Å². The van der Waals surface area contributed by atoms with Crippen molar-refractivity contribution in [3.63, 3.8) is 0 Å². The molecule has 0 bridgehead atoms. The van der Waals surface area contributed by atoms with E-state index in [4.69, 9.17) is 16.3 Å². The van der Waals surface area contributed by atoms with Gasteiger partial charge in [-0.2, -0.15) is 9.36 Å². The third-order valence-electron chi connectivity index (χ3n) is 3.75. The van der Waals surface area contributed by atoms with E-state index in [1.165, 1.54) is 29.9 Å². The van der Waals surface area contributed by atoms with Gasteiger partial charge in [0.15, 0.2) is 0 Å². The minimum atomic E-state index is -0.448. The summed E-state index contributed by atoms with van der Waals surface area (Å²) in [6.45, 7) is 1.96. The number of benzene rings is 2. The zero-order valence-electron chi connectivity index (χ0n) is 14.2. The molecule has 0 amide bonds. The van der Waals surface area contributed by atoms with E-state index >= 15 is 0 Å². The van der Waals surface area contributed by atoms with Gasteiger partial charge in [0.05, 0.1) is 10.7 Å². The maximum absolute atomic E-state index is 13.5. The molecule has 0 unspecified atom stereocenters. The normalized spacial score (nSPS) is 11.2. The summed E-state index contributed by atoms with van der Waals surface area (Å²) in [5, 5.41) is 7.93. The van der Waals surface area contributed by atoms with Crippen molar-refractivity contribution in [3.05, 3.63) is 74.9 Å². The highest BCUT2D eigenvalue weighted by atomic mass is 35.5. The maximum Gasteiger partial charge on any atom is 0.368 e. The second-order valence-electron chi connectivity index (χ2n) is 5.51. The van der Waals surface area contributed by atoms with Gasteiger partial charge in [0.2, 0.25) is 0 Å². The van der Waals surface area contributed by atoms with Crippen LogP contribution in [0.25, 0.3) is 11.8 Å². The van der Waals surface area contributed by atoms with Crippen molar-refractivity contribution in [2.24, 2.45) is 7.05 Å². The van der Waals surface area contributed by atoms with Gasteiger partial charge in [-0.3, -0.25) is 0 Å². The van der Waals surface area contributed by atoms with Gasteiger partial charge >= 0.3 is 5.69 Å². The van der Waals surface area contributed by atoms with E-state index in [0.29, 0.717) is 16.3 Å². The van der Waals surface area contributed by atoms with Crippen LogP contribution >= 0.6 is 11.6 Å². The number of tetrazole rings is 1. The number of aromatic nitrogens is 4. The van der Waals surface area contributed by atoms with Crippen LogP contribution in [0.2, 0.25) is 5.02 Å². The summed E-state index contributed by atoms with van der Waals surface area (Å²) in [5.41, 5.74) is 1.70. The molecule has 0 spiro atoms. The Labute approximate surface area is 154 Å². The number of ether oxygens (including phenoxy) is 1. The summed E-state index contributed by atoms with van der Waals surface area (Å²) >= 11 is 6.06. The lowest BCUT2D eigenvalue weighted by Gasteiger charge is -2.14. The highest BCUT2D eigenvalue weighted by Crippen LogP contribution is 2.27. The van der Waals surface area contributed by atoms with Gasteiger partial charge in [0.1, 0.15) is 18.2 Å². The first-order valence-corrected chi connectivity index (χ1v) is 8.21. The topological polar surface area (TPSA) is 61.9 Å². The Bertz CT molecular complexity index is 1030. The van der Waals surface area contributed by atoms with Gasteiger partial charge in [-0.05, 0) is 41.1 Å². The molecule has 0 aliphatic rings. The molecule has 1 aromatic heterocycles. The van der Waals surface area contributed by atoms with Crippen molar-refractivity contribution < 1.29 is 9.13 Å². The van der Waals surface area contributed by atoms with Gasteiger partial charge in [0, 0.05) is 18.7 Å². The number of allylic oxidation sites excluding steroid dienone is 1. The molecule has 6 nitrogen and oxygen atoms in total. The van der Waals surface area contributed by atoms with E-state index in [1.807, 2.05) is 31.2 Å². The van der Waals surface area contributed by atoms with Crippen LogP contribution < -0.4 is 10.4 Å². The molecule has 1 heterocycles. The van der Waals surface area contributed by atoms with Crippen molar-refractivity contribution in [3.8, 4) is 11.4 Å². The summed E-state index contributed by atoms with van der Waals surface area (Å²) in [6, 6.07) is 9.34. The van der Waals surface area contributed by atoms with Gasteiger partial charge < -0.3 is 4.74 Å². The second-order valence-corrected chi connectivity index (χ2v) is 5.91. The predicted octanol–water partition coefficient (Wildman–Crippen LogP) is 3.37. The van der Waals surface area contributed by atoms with Crippen LogP contribution in [0.5, 0.6) is 5.75 Å². The molecule has 0 N–H and O–H groups in total. The molecule has 3 rings (SSSR count). The number of hydrogen-bond donors (Lipinski definition) is 0. The summed E-state index contributed by atoms with van der Waals surface area (Å²) in [7, 11) is 1.52. The number of aryl methyl sites for hydroxylation is 1. The molecule has 26 heavy (non-hydrogen) atoms. The van der Waals surface area contributed by atoms with E-state index in [9.17, 15) is 9.18 Å². The quantitative estimate of drug-likeness (QED) is 0.687. The largest absolute Gasteiger partial charge is 0.487 e. The molecule has 0 aliphatic carbocycles. The van der Waals surface area contributed by atoms with Crippen molar-refractivity contribution in [1.29, 1.82) is 0 Å². The second kappa shape index (κ2) is 7.53. The molecule has 134 valence electrons. The summed E-state index contributed by atoms with van der Waals surface area (Å²) in [6.07, 6.45) is 3.76. The first-order chi connectivity index (χ1) is 12.5. The van der Waals surface area contributed by atoms with Gasteiger partial charge in [-0.1, -0.05) is 35.9 Å². The summed E-state index contributed by atoms with van der Waals surface area (Å²) in [5.74, 6) is -0.226. The van der Waals surface area contributed by atoms with Crippen LogP contribution in [0.3, 0.4) is 0 Å². The highest BCUT2D eigenvalue weighted by Gasteiger charge is 2.15. The standard InChI is InChI=1S/C18H16ClFN4O2/c1-3-5-12-6-4-7-16(24-18(25)23(2)21-22-24)14(12)11-26-17-10-13(20)8-9-15(17)19/h3-10H,11H2,1-2H3/b5-3+. The van der Waals surface area contributed by atoms with Gasteiger partial charge in [-0.25, -0.2) is 9.18 Å². The van der Waals surface area contributed by atoms with Crippen LogP contribution in [-0.4, -0.2) is 19.8 Å². The Morgan fingerprint density at radius 3 is 2.77 bits per heavy atom. The third kappa shape index (κ3) is 3.52. The Hall–Kier alpha value is -2.93. The zero-order chi connectivity index (χ0) is 18.7. The SMILES string of the molecule is C/C=C/c1cccc(-n2nnn(C)c2=O)c1COc1cc(F)ccc1Cl. The fourth-order valence-corrected chi connectivity index (χ4v) is 2.66. The first-order valence-electron chi connectivity index (χ1n) is 7.83. The average molecular weight is 375 g/mol. The highest BCUT2D eigenvalue weighted by molar-refractivity contribution is 6.32. The number of halogens is 2. The minimum absolute atomic E-state index is 0.0715. The van der Waals surface area contributed by atoms with Gasteiger partial charge in [-0.15, -0.1) is 0 Å². The Morgan fingerprint density at radius 1 is 1.27 bits per heavy atom. The smallest absolute Gasteiger partial charge is 0.368 e. The molecule has 0 fully saturated rings. The molecular formula is C18H16ClFN4O2. The number of hydrogen-bond acceptors (Lipinski definition) is 4. The monoisotopic (exact) mass is 374 g/mol. The van der Waals surface area contributed by atoms with E-state index in [1.54, 1.807) is 6.07 Å². The molecule has 0 saturated heterocycles. The zero-order valence-corrected chi connectivity index (χ0v) is 14.9. The average Bonchev–Trinajstić information content (AvgIpc) is 2.95. The van der Waals surface area contributed by atoms with Crippen LogP contribution in [-0.2, 0) is 13.7 Å². The lowest BCUT2D eigenvalue weighted by Crippen LogP contribution is -2.23. The lowest BCUT2D eigenvalue weighted by molar-refractivity contribution is 0.304. The molecular weight excluding hydrogens is 359 g/mol. The van der Waals surface area contributed by atoms with Crippen LogP contribution in [0.15, 0.2) is 47.3 Å². The maximum atomic E-state index is 13.5. The Morgan fingerprint density at radius 2 is 2.08 bits per heavy atom. The molecule has 0 saturated carbocycles. The molecule has 0 atom stereocenters. The Balaban J connectivity index is 2.05. The molecule has 2 aromatic carbocycles. The molecule has 0 aliphatic heterocycles. The van der Waals surface area contributed by atoms with Crippen molar-refractivity contribution >= 4 is 17.7 Å². The lowest BCUT2D eigenvalue weighted by atomic mass is 10.1. The first kappa shape index (κ1) is 17.9. The van der Waals surface area contributed by atoms with Crippen molar-refractivity contribution in [2.45, 2.75) is 13.5 Å². The third-order valence-corrected chi connectivity index (χ3v) is 4.06. The fourth-order valence-electron chi connectivity index (χ4n) is 2.49. The molecule has 0 radical (unpaired) electrons. The predicted molar refractivity (Wildman–Crippen MR) is 97.1 cm³/mol. The summed E-state index contributed by atoms with van der Waals surface area (Å²) in [4.78, 5) is 12.2. The van der Waals surface area contributed by atoms with E-state index in [-0.39, 0.29) is 18.0 Å². The number of rotatable bonds is 5. The van der Waals surface area contributed by atoms with Crippen LogP contribution in [0.1, 0.15) is 18.1 Å². The fraction of sp³-hybridized carbons (Fsp3) is 0.167. The van der Waals surface area contributed by atoms with Crippen LogP contribution in [0, 0.1) is 5.82 Å². The van der Waals surface area contributed by atoms with Crippen molar-refractivity contribution in [1.82, 2.24) is 19.8 Å². The van der Waals surface area contributed by atoms with E-state index in [2.05, 4.69) is 10.4 Å². The Kier molecular flexibility index (Phi) is 5.18. The van der Waals surface area contributed by atoms with Gasteiger partial charge in [0.25, 0.3) is 0 Å².